The van der Waals surface area contributed by atoms with Crippen LogP contribution in [0.2, 0.25) is 0 Å². The normalized spacial score (nSPS) is 26.4. The molecule has 0 aliphatic heterocycles. The summed E-state index contributed by atoms with van der Waals surface area (Å²) in [6.07, 6.45) is -2.60. The number of alkyl halides is 3. The molecule has 0 spiro atoms. The van der Waals surface area contributed by atoms with Gasteiger partial charge in [0.25, 0.3) is 0 Å². The van der Waals surface area contributed by atoms with Gasteiger partial charge in [0.15, 0.2) is 0 Å². The minimum absolute atomic E-state index is 0.0308. The number of hydrogen-bond donors (Lipinski definition) is 1. The Morgan fingerprint density at radius 3 is 2.45 bits per heavy atom. The van der Waals surface area contributed by atoms with Crippen molar-refractivity contribution in [3.8, 4) is 0 Å². The average Bonchev–Trinajstić information content (AvgIpc) is 2.49. The van der Waals surface area contributed by atoms with Gasteiger partial charge >= 0.3 is 6.18 Å². The summed E-state index contributed by atoms with van der Waals surface area (Å²) in [5.74, 6) is 0.0799. The number of aliphatic hydroxyl groups excluding tert-OH is 1. The summed E-state index contributed by atoms with van der Waals surface area (Å²) in [6, 6.07) is 5.67. The van der Waals surface area contributed by atoms with Gasteiger partial charge in [0.05, 0.1) is 11.7 Å². The maximum absolute atomic E-state index is 12.9. The van der Waals surface area contributed by atoms with E-state index in [4.69, 9.17) is 0 Å². The molecule has 0 saturated heterocycles. The second-order valence-electron chi connectivity index (χ2n) is 5.99. The summed E-state index contributed by atoms with van der Waals surface area (Å²) in [5, 5.41) is 10.2. The van der Waals surface area contributed by atoms with Crippen LogP contribution in [0.15, 0.2) is 24.3 Å². The van der Waals surface area contributed by atoms with E-state index in [1.807, 2.05) is 13.8 Å². The molecule has 0 amide bonds. The monoisotopic (exact) mass is 315 g/mol. The molecule has 1 aliphatic rings. The van der Waals surface area contributed by atoms with Crippen LogP contribution in [0.25, 0.3) is 0 Å². The number of benzene rings is 1. The third kappa shape index (κ3) is 3.82. The van der Waals surface area contributed by atoms with Crippen LogP contribution in [-0.2, 0) is 6.18 Å². The lowest BCUT2D eigenvalue weighted by Gasteiger charge is -2.40. The number of nitrogens with zero attached hydrogens (tertiary/aromatic N) is 1. The van der Waals surface area contributed by atoms with Crippen molar-refractivity contribution >= 4 is 0 Å². The van der Waals surface area contributed by atoms with E-state index in [-0.39, 0.29) is 18.1 Å². The Morgan fingerprint density at radius 2 is 1.86 bits per heavy atom. The quantitative estimate of drug-likeness (QED) is 0.906. The number of hydrogen-bond acceptors (Lipinski definition) is 2. The predicted molar refractivity (Wildman–Crippen MR) is 80.8 cm³/mol. The molecule has 1 saturated carbocycles. The van der Waals surface area contributed by atoms with E-state index in [2.05, 4.69) is 4.90 Å². The molecule has 124 valence electrons. The van der Waals surface area contributed by atoms with Gasteiger partial charge in [0.2, 0.25) is 0 Å². The van der Waals surface area contributed by atoms with Crippen molar-refractivity contribution in [2.75, 3.05) is 13.1 Å². The first-order valence-electron chi connectivity index (χ1n) is 7.96. The van der Waals surface area contributed by atoms with Crippen LogP contribution in [0, 0.1) is 0 Å². The second-order valence-corrected chi connectivity index (χ2v) is 5.99. The second kappa shape index (κ2) is 7.01. The van der Waals surface area contributed by atoms with Gasteiger partial charge in [-0.15, -0.1) is 0 Å². The molecule has 0 radical (unpaired) electrons. The third-order valence-corrected chi connectivity index (χ3v) is 4.75. The minimum atomic E-state index is -4.30. The first kappa shape index (κ1) is 17.3. The summed E-state index contributed by atoms with van der Waals surface area (Å²) in [7, 11) is 0. The molecule has 0 bridgehead atoms. The van der Waals surface area contributed by atoms with E-state index in [1.54, 1.807) is 6.07 Å². The smallest absolute Gasteiger partial charge is 0.391 e. The topological polar surface area (TPSA) is 23.5 Å². The molecule has 1 aliphatic carbocycles. The van der Waals surface area contributed by atoms with Crippen molar-refractivity contribution in [2.45, 2.75) is 57.3 Å². The highest BCUT2D eigenvalue weighted by Crippen LogP contribution is 2.37. The Kier molecular flexibility index (Phi) is 5.50. The Labute approximate surface area is 129 Å². The Morgan fingerprint density at radius 1 is 1.18 bits per heavy atom. The van der Waals surface area contributed by atoms with E-state index in [1.165, 1.54) is 12.1 Å². The van der Waals surface area contributed by atoms with E-state index in [9.17, 15) is 18.3 Å². The maximum Gasteiger partial charge on any atom is 0.416 e. The molecule has 0 heterocycles. The molecule has 2 rings (SSSR count). The van der Waals surface area contributed by atoms with Crippen molar-refractivity contribution in [1.82, 2.24) is 4.90 Å². The van der Waals surface area contributed by atoms with E-state index >= 15 is 0 Å². The van der Waals surface area contributed by atoms with Crippen molar-refractivity contribution in [2.24, 2.45) is 0 Å². The molecule has 2 nitrogen and oxygen atoms in total. The first-order chi connectivity index (χ1) is 10.4. The molecule has 1 aromatic carbocycles. The lowest BCUT2D eigenvalue weighted by Crippen LogP contribution is -2.46. The summed E-state index contributed by atoms with van der Waals surface area (Å²) in [6.45, 7) is 5.77. The van der Waals surface area contributed by atoms with Crippen LogP contribution in [0.4, 0.5) is 13.2 Å². The zero-order valence-electron chi connectivity index (χ0n) is 13.1. The van der Waals surface area contributed by atoms with Crippen LogP contribution in [-0.4, -0.2) is 35.2 Å². The van der Waals surface area contributed by atoms with Crippen molar-refractivity contribution in [3.63, 3.8) is 0 Å². The van der Waals surface area contributed by atoms with Crippen LogP contribution >= 0.6 is 0 Å². The number of rotatable bonds is 4. The van der Waals surface area contributed by atoms with E-state index < -0.39 is 11.7 Å². The Hall–Kier alpha value is -1.07. The van der Waals surface area contributed by atoms with Crippen LogP contribution in [0.5, 0.6) is 0 Å². The zero-order chi connectivity index (χ0) is 16.3. The lowest BCUT2D eigenvalue weighted by atomic mass is 9.79. The van der Waals surface area contributed by atoms with Gasteiger partial charge in [-0.3, -0.25) is 4.90 Å². The number of aliphatic hydroxyl groups is 1. The summed E-state index contributed by atoms with van der Waals surface area (Å²) >= 11 is 0. The molecule has 1 N–H and O–H groups in total. The molecule has 22 heavy (non-hydrogen) atoms. The van der Waals surface area contributed by atoms with Gasteiger partial charge in [0, 0.05) is 6.04 Å². The van der Waals surface area contributed by atoms with Gasteiger partial charge in [-0.25, -0.2) is 0 Å². The van der Waals surface area contributed by atoms with Gasteiger partial charge in [-0.2, -0.15) is 13.2 Å². The summed E-state index contributed by atoms with van der Waals surface area (Å²) < 4.78 is 38.6. The Bertz CT molecular complexity index is 485. The van der Waals surface area contributed by atoms with Crippen molar-refractivity contribution < 1.29 is 18.3 Å². The molecule has 1 aromatic rings. The highest BCUT2D eigenvalue weighted by Gasteiger charge is 2.35. The molecule has 1 fully saturated rings. The van der Waals surface area contributed by atoms with Gasteiger partial charge in [0.1, 0.15) is 0 Å². The summed E-state index contributed by atoms with van der Waals surface area (Å²) in [5.41, 5.74) is 0.148. The molecular formula is C17H24F3NO. The van der Waals surface area contributed by atoms with Crippen LogP contribution in [0.3, 0.4) is 0 Å². The number of likely N-dealkylation sites (N-methyl/N-ethyl adjacent to an activating group) is 1. The fraction of sp³-hybridized carbons (Fsp3) is 0.647. The maximum atomic E-state index is 12.9. The molecule has 0 unspecified atom stereocenters. The third-order valence-electron chi connectivity index (χ3n) is 4.75. The van der Waals surface area contributed by atoms with E-state index in [0.29, 0.717) is 12.8 Å². The highest BCUT2D eigenvalue weighted by molar-refractivity contribution is 5.29. The molecular weight excluding hydrogens is 291 g/mol. The Balaban J connectivity index is 2.19. The first-order valence-corrected chi connectivity index (χ1v) is 7.96. The number of halogens is 3. The highest BCUT2D eigenvalue weighted by atomic mass is 19.4. The predicted octanol–water partition coefficient (Wildman–Crippen LogP) is 4.04. The molecule has 0 aromatic heterocycles. The zero-order valence-corrected chi connectivity index (χ0v) is 13.1. The fourth-order valence-corrected chi connectivity index (χ4v) is 3.49. The molecule has 3 atom stereocenters. The van der Waals surface area contributed by atoms with Crippen molar-refractivity contribution in [3.05, 3.63) is 35.4 Å². The van der Waals surface area contributed by atoms with E-state index in [0.717, 1.165) is 31.1 Å². The van der Waals surface area contributed by atoms with Gasteiger partial charge in [-0.05, 0) is 49.9 Å². The summed E-state index contributed by atoms with van der Waals surface area (Å²) in [4.78, 5) is 2.20. The van der Waals surface area contributed by atoms with Crippen LogP contribution < -0.4 is 0 Å². The van der Waals surface area contributed by atoms with Gasteiger partial charge in [-0.1, -0.05) is 32.0 Å². The standard InChI is InChI=1S/C17H24F3NO/c1-3-21(4-2)15-11-13(8-9-16(15)22)12-6-5-7-14(10-12)17(18,19)20/h5-7,10,13,15-16,22H,3-4,8-9,11H2,1-2H3/t13-,15-,16-/m0/s1. The minimum Gasteiger partial charge on any atom is -0.391 e. The molecule has 5 heteroatoms. The fourth-order valence-electron chi connectivity index (χ4n) is 3.49. The largest absolute Gasteiger partial charge is 0.416 e. The van der Waals surface area contributed by atoms with Crippen LogP contribution in [0.1, 0.15) is 50.2 Å². The SMILES string of the molecule is CCN(CC)[C@H]1C[C@@H](c2cccc(C(F)(F)F)c2)CC[C@@H]1O. The van der Waals surface area contributed by atoms with Crippen molar-refractivity contribution in [1.29, 1.82) is 0 Å². The van der Waals surface area contributed by atoms with Gasteiger partial charge < -0.3 is 5.11 Å². The lowest BCUT2D eigenvalue weighted by molar-refractivity contribution is -0.137. The average molecular weight is 315 g/mol.